The fourth-order valence-electron chi connectivity index (χ4n) is 0.937. The van der Waals surface area contributed by atoms with Crippen molar-refractivity contribution in [1.82, 2.24) is 0 Å². The summed E-state index contributed by atoms with van der Waals surface area (Å²) in [6.07, 6.45) is 0. The van der Waals surface area contributed by atoms with Crippen LogP contribution in [-0.2, 0) is 0 Å². The van der Waals surface area contributed by atoms with Gasteiger partial charge in [0.1, 0.15) is 5.56 Å². The van der Waals surface area contributed by atoms with Crippen LogP contribution in [0.2, 0.25) is 0 Å². The van der Waals surface area contributed by atoms with Gasteiger partial charge in [-0.3, -0.25) is 0 Å². The molecule has 14 heavy (non-hydrogen) atoms. The molecule has 0 amide bonds. The number of aromatic carboxylic acids is 1. The number of hydrogen-bond acceptors (Lipinski definition) is 2. The molecule has 1 aromatic carbocycles. The third-order valence-electron chi connectivity index (χ3n) is 1.55. The Labute approximate surface area is 86.4 Å². The second-order valence-corrected chi connectivity index (χ2v) is 3.23. The molecule has 6 heteroatoms. The number of carboxylic acids is 1. The lowest BCUT2D eigenvalue weighted by Crippen LogP contribution is -2.04. The SMILES string of the molecule is COc1c(C(=O)O)cc(Br)c(F)c1F. The molecule has 0 aliphatic heterocycles. The van der Waals surface area contributed by atoms with Gasteiger partial charge in [0.2, 0.25) is 5.82 Å². The fraction of sp³-hybridized carbons (Fsp3) is 0.125. The van der Waals surface area contributed by atoms with E-state index in [1.807, 2.05) is 0 Å². The Morgan fingerprint density at radius 2 is 2.07 bits per heavy atom. The van der Waals surface area contributed by atoms with Crippen molar-refractivity contribution in [1.29, 1.82) is 0 Å². The standard InChI is InChI=1S/C8H5BrF2O3/c1-14-7-3(8(12)13)2-4(9)5(10)6(7)11/h2H,1H3,(H,12,13). The summed E-state index contributed by atoms with van der Waals surface area (Å²) < 4.78 is 30.2. The van der Waals surface area contributed by atoms with Crippen molar-refractivity contribution in [2.45, 2.75) is 0 Å². The van der Waals surface area contributed by atoms with Crippen molar-refractivity contribution in [3.05, 3.63) is 27.7 Å². The molecule has 3 nitrogen and oxygen atoms in total. The van der Waals surface area contributed by atoms with Crippen LogP contribution in [0.25, 0.3) is 0 Å². The zero-order valence-corrected chi connectivity index (χ0v) is 8.56. The van der Waals surface area contributed by atoms with E-state index in [1.54, 1.807) is 0 Å². The summed E-state index contributed by atoms with van der Waals surface area (Å²) >= 11 is 2.69. The highest BCUT2D eigenvalue weighted by Crippen LogP contribution is 2.30. The van der Waals surface area contributed by atoms with Gasteiger partial charge in [-0.05, 0) is 22.0 Å². The number of methoxy groups -OCH3 is 1. The maximum Gasteiger partial charge on any atom is 0.339 e. The van der Waals surface area contributed by atoms with Crippen LogP contribution in [0.5, 0.6) is 5.75 Å². The number of rotatable bonds is 2. The first-order chi connectivity index (χ1) is 6.49. The smallest absolute Gasteiger partial charge is 0.339 e. The van der Waals surface area contributed by atoms with Gasteiger partial charge in [0.25, 0.3) is 0 Å². The average molecular weight is 267 g/mol. The lowest BCUT2D eigenvalue weighted by atomic mass is 10.2. The van der Waals surface area contributed by atoms with Crippen LogP contribution >= 0.6 is 15.9 Å². The summed E-state index contributed by atoms with van der Waals surface area (Å²) in [5, 5.41) is 8.65. The minimum atomic E-state index is -1.39. The highest BCUT2D eigenvalue weighted by atomic mass is 79.9. The molecule has 1 aromatic rings. The molecule has 0 fully saturated rings. The maximum absolute atomic E-state index is 13.1. The minimum Gasteiger partial charge on any atom is -0.493 e. The van der Waals surface area contributed by atoms with E-state index in [0.29, 0.717) is 0 Å². The van der Waals surface area contributed by atoms with Gasteiger partial charge in [-0.2, -0.15) is 4.39 Å². The van der Waals surface area contributed by atoms with E-state index >= 15 is 0 Å². The molecule has 1 rings (SSSR count). The molecule has 0 aliphatic carbocycles. The second kappa shape index (κ2) is 3.91. The number of hydrogen-bond donors (Lipinski definition) is 1. The van der Waals surface area contributed by atoms with Crippen molar-refractivity contribution < 1.29 is 23.4 Å². The normalized spacial score (nSPS) is 10.0. The van der Waals surface area contributed by atoms with Gasteiger partial charge in [0.15, 0.2) is 11.6 Å². The van der Waals surface area contributed by atoms with Crippen LogP contribution in [-0.4, -0.2) is 18.2 Å². The van der Waals surface area contributed by atoms with E-state index in [0.717, 1.165) is 13.2 Å². The van der Waals surface area contributed by atoms with Crippen LogP contribution in [0.15, 0.2) is 10.5 Å². The molecule has 0 aliphatic rings. The molecule has 0 unspecified atom stereocenters. The Morgan fingerprint density at radius 3 is 2.50 bits per heavy atom. The fourth-order valence-corrected chi connectivity index (χ4v) is 1.34. The molecule has 0 aromatic heterocycles. The van der Waals surface area contributed by atoms with Crippen LogP contribution in [0.3, 0.4) is 0 Å². The summed E-state index contributed by atoms with van der Waals surface area (Å²) in [5.74, 6) is -4.49. The molecular weight excluding hydrogens is 262 g/mol. The number of ether oxygens (including phenoxy) is 1. The Hall–Kier alpha value is -1.17. The van der Waals surface area contributed by atoms with Crippen molar-refractivity contribution in [3.8, 4) is 5.75 Å². The molecular formula is C8H5BrF2O3. The molecule has 0 saturated carbocycles. The number of carbonyl (C=O) groups is 1. The highest BCUT2D eigenvalue weighted by molar-refractivity contribution is 9.10. The number of carboxylic acid groups (broad SMARTS) is 1. The van der Waals surface area contributed by atoms with Crippen molar-refractivity contribution in [2.24, 2.45) is 0 Å². The van der Waals surface area contributed by atoms with Crippen molar-refractivity contribution in [2.75, 3.05) is 7.11 Å². The summed E-state index contributed by atoms with van der Waals surface area (Å²) in [5.41, 5.74) is -0.432. The molecule has 0 saturated heterocycles. The van der Waals surface area contributed by atoms with Gasteiger partial charge in [0.05, 0.1) is 11.6 Å². The van der Waals surface area contributed by atoms with E-state index in [9.17, 15) is 13.6 Å². The first-order valence-electron chi connectivity index (χ1n) is 3.43. The topological polar surface area (TPSA) is 46.5 Å². The van der Waals surface area contributed by atoms with Gasteiger partial charge in [-0.15, -0.1) is 0 Å². The predicted molar refractivity (Wildman–Crippen MR) is 47.6 cm³/mol. The summed E-state index contributed by atoms with van der Waals surface area (Å²) in [7, 11) is 1.07. The third kappa shape index (κ3) is 1.70. The van der Waals surface area contributed by atoms with Crippen molar-refractivity contribution in [3.63, 3.8) is 0 Å². The lowest BCUT2D eigenvalue weighted by Gasteiger charge is -2.07. The minimum absolute atomic E-state index is 0.256. The van der Waals surface area contributed by atoms with Crippen molar-refractivity contribution >= 4 is 21.9 Å². The monoisotopic (exact) mass is 266 g/mol. The van der Waals surface area contributed by atoms with E-state index in [4.69, 9.17) is 5.11 Å². The maximum atomic E-state index is 13.1. The van der Waals surface area contributed by atoms with E-state index in [1.165, 1.54) is 0 Å². The van der Waals surface area contributed by atoms with Gasteiger partial charge in [0, 0.05) is 0 Å². The Kier molecular flexibility index (Phi) is 3.05. The number of benzene rings is 1. The molecule has 0 bridgehead atoms. The summed E-state index contributed by atoms with van der Waals surface area (Å²) in [4.78, 5) is 10.6. The molecule has 0 atom stereocenters. The Balaban J connectivity index is 3.51. The molecule has 76 valence electrons. The molecule has 0 spiro atoms. The van der Waals surface area contributed by atoms with E-state index in [2.05, 4.69) is 20.7 Å². The largest absolute Gasteiger partial charge is 0.493 e. The Morgan fingerprint density at radius 1 is 1.50 bits per heavy atom. The van der Waals surface area contributed by atoms with Crippen LogP contribution < -0.4 is 4.74 Å². The Bertz CT molecular complexity index is 393. The first kappa shape index (κ1) is 10.9. The van der Waals surface area contributed by atoms with E-state index in [-0.39, 0.29) is 4.47 Å². The van der Waals surface area contributed by atoms with Gasteiger partial charge < -0.3 is 9.84 Å². The van der Waals surface area contributed by atoms with Crippen LogP contribution in [0.1, 0.15) is 10.4 Å². The van der Waals surface area contributed by atoms with Gasteiger partial charge in [-0.25, -0.2) is 9.18 Å². The quantitative estimate of drug-likeness (QED) is 0.837. The average Bonchev–Trinajstić information content (AvgIpc) is 2.13. The third-order valence-corrected chi connectivity index (χ3v) is 2.13. The predicted octanol–water partition coefficient (Wildman–Crippen LogP) is 2.43. The summed E-state index contributed by atoms with van der Waals surface area (Å²) in [6.45, 7) is 0. The molecule has 0 heterocycles. The summed E-state index contributed by atoms with van der Waals surface area (Å²) in [6, 6.07) is 0.944. The molecule has 1 N–H and O–H groups in total. The lowest BCUT2D eigenvalue weighted by molar-refractivity contribution is 0.0692. The highest BCUT2D eigenvalue weighted by Gasteiger charge is 2.21. The first-order valence-corrected chi connectivity index (χ1v) is 4.23. The zero-order chi connectivity index (χ0) is 10.9. The zero-order valence-electron chi connectivity index (χ0n) is 6.97. The van der Waals surface area contributed by atoms with Crippen LogP contribution in [0.4, 0.5) is 8.78 Å². The molecule has 0 radical (unpaired) electrons. The second-order valence-electron chi connectivity index (χ2n) is 2.37. The van der Waals surface area contributed by atoms with Crippen LogP contribution in [0, 0.1) is 11.6 Å². The number of halogens is 3. The van der Waals surface area contributed by atoms with Gasteiger partial charge >= 0.3 is 5.97 Å². The van der Waals surface area contributed by atoms with Gasteiger partial charge in [-0.1, -0.05) is 0 Å². The van der Waals surface area contributed by atoms with E-state index < -0.39 is 28.9 Å².